The van der Waals surface area contributed by atoms with Gasteiger partial charge in [-0.1, -0.05) is 12.1 Å². The van der Waals surface area contributed by atoms with Gasteiger partial charge in [0.1, 0.15) is 5.75 Å². The second kappa shape index (κ2) is 7.21. The van der Waals surface area contributed by atoms with Crippen LogP contribution in [0.2, 0.25) is 0 Å². The van der Waals surface area contributed by atoms with Gasteiger partial charge >= 0.3 is 0 Å². The molecule has 7 nitrogen and oxygen atoms in total. The average molecular weight is 336 g/mol. The highest BCUT2D eigenvalue weighted by Gasteiger charge is 2.17. The fourth-order valence-electron chi connectivity index (χ4n) is 1.65. The number of nitrogens with one attached hydrogen (secondary N) is 1. The predicted molar refractivity (Wildman–Crippen MR) is 81.1 cm³/mol. The first kappa shape index (κ1) is 17.9. The molecule has 0 atom stereocenters. The summed E-state index contributed by atoms with van der Waals surface area (Å²) in [5.41, 5.74) is 0.792. The first-order valence-corrected chi connectivity index (χ1v) is 9.88. The number of hydrogen-bond acceptors (Lipinski definition) is 5. The van der Waals surface area contributed by atoms with Crippen molar-refractivity contribution in [2.75, 3.05) is 32.7 Å². The Morgan fingerprint density at radius 2 is 1.67 bits per heavy atom. The van der Waals surface area contributed by atoms with Gasteiger partial charge in [0.15, 0.2) is 0 Å². The molecule has 120 valence electrons. The first-order chi connectivity index (χ1) is 9.62. The van der Waals surface area contributed by atoms with Crippen molar-refractivity contribution in [3.05, 3.63) is 29.8 Å². The molecule has 0 aliphatic rings. The monoisotopic (exact) mass is 336 g/mol. The fourth-order valence-corrected chi connectivity index (χ4v) is 2.92. The standard InChI is InChI=1S/C12H20N2O5S2/c1-19-12-6-4-11(5-7-12)10-14(21(3,17)18)9-8-13-20(2,15)16/h4-7,13H,8-10H2,1-3H3. The molecule has 9 heteroatoms. The van der Waals surface area contributed by atoms with Crippen LogP contribution in [0.25, 0.3) is 0 Å². The molecule has 0 radical (unpaired) electrons. The Morgan fingerprint density at radius 3 is 2.10 bits per heavy atom. The van der Waals surface area contributed by atoms with Crippen LogP contribution in [0.4, 0.5) is 0 Å². The van der Waals surface area contributed by atoms with Crippen LogP contribution >= 0.6 is 0 Å². The minimum Gasteiger partial charge on any atom is -0.497 e. The van der Waals surface area contributed by atoms with Gasteiger partial charge in [-0.2, -0.15) is 4.31 Å². The van der Waals surface area contributed by atoms with Crippen LogP contribution < -0.4 is 9.46 Å². The molecule has 1 aromatic carbocycles. The average Bonchev–Trinajstić information content (AvgIpc) is 2.36. The zero-order valence-electron chi connectivity index (χ0n) is 12.2. The van der Waals surface area contributed by atoms with Gasteiger partial charge in [-0.25, -0.2) is 21.6 Å². The van der Waals surface area contributed by atoms with Crippen molar-refractivity contribution in [1.82, 2.24) is 9.03 Å². The summed E-state index contributed by atoms with van der Waals surface area (Å²) in [6.45, 7) is 0.272. The molecular weight excluding hydrogens is 316 g/mol. The van der Waals surface area contributed by atoms with Crippen molar-refractivity contribution in [1.29, 1.82) is 0 Å². The lowest BCUT2D eigenvalue weighted by Crippen LogP contribution is -2.37. The maximum Gasteiger partial charge on any atom is 0.211 e. The molecule has 1 N–H and O–H groups in total. The minimum absolute atomic E-state index is 0.0298. The number of benzene rings is 1. The summed E-state index contributed by atoms with van der Waals surface area (Å²) in [6.07, 6.45) is 2.12. The van der Waals surface area contributed by atoms with Gasteiger partial charge < -0.3 is 4.74 Å². The van der Waals surface area contributed by atoms with Gasteiger partial charge in [0, 0.05) is 19.6 Å². The van der Waals surface area contributed by atoms with Crippen LogP contribution in [0.15, 0.2) is 24.3 Å². The van der Waals surface area contributed by atoms with Gasteiger partial charge in [-0.05, 0) is 17.7 Å². The molecule has 0 saturated carbocycles. The highest BCUT2D eigenvalue weighted by Crippen LogP contribution is 2.14. The lowest BCUT2D eigenvalue weighted by molar-refractivity contribution is 0.408. The third kappa shape index (κ3) is 6.89. The maximum absolute atomic E-state index is 11.7. The van der Waals surface area contributed by atoms with E-state index in [0.717, 1.165) is 18.1 Å². The van der Waals surface area contributed by atoms with Crippen molar-refractivity contribution < 1.29 is 21.6 Å². The summed E-state index contributed by atoms with van der Waals surface area (Å²) in [6, 6.07) is 7.01. The quantitative estimate of drug-likeness (QED) is 0.722. The van der Waals surface area contributed by atoms with E-state index in [-0.39, 0.29) is 19.6 Å². The maximum atomic E-state index is 11.7. The van der Waals surface area contributed by atoms with E-state index >= 15 is 0 Å². The van der Waals surface area contributed by atoms with E-state index < -0.39 is 20.0 Å². The largest absolute Gasteiger partial charge is 0.497 e. The summed E-state index contributed by atoms with van der Waals surface area (Å²) in [7, 11) is -5.21. The summed E-state index contributed by atoms with van der Waals surface area (Å²) in [5.74, 6) is 0.684. The third-order valence-electron chi connectivity index (χ3n) is 2.71. The van der Waals surface area contributed by atoms with Crippen molar-refractivity contribution in [2.45, 2.75) is 6.54 Å². The highest BCUT2D eigenvalue weighted by molar-refractivity contribution is 7.88. The van der Waals surface area contributed by atoms with E-state index in [2.05, 4.69) is 4.72 Å². The van der Waals surface area contributed by atoms with Crippen LogP contribution in [0.1, 0.15) is 5.56 Å². The Morgan fingerprint density at radius 1 is 1.10 bits per heavy atom. The van der Waals surface area contributed by atoms with Gasteiger partial charge in [0.05, 0.1) is 19.6 Å². The molecule has 0 spiro atoms. The Bertz CT molecular complexity index is 653. The van der Waals surface area contributed by atoms with Crippen LogP contribution in [0.5, 0.6) is 5.75 Å². The molecule has 21 heavy (non-hydrogen) atoms. The molecular formula is C12H20N2O5S2. The van der Waals surface area contributed by atoms with Gasteiger partial charge in [0.2, 0.25) is 20.0 Å². The van der Waals surface area contributed by atoms with Crippen molar-refractivity contribution in [3.8, 4) is 5.75 Å². The van der Waals surface area contributed by atoms with Gasteiger partial charge in [-0.3, -0.25) is 0 Å². The van der Waals surface area contributed by atoms with Gasteiger partial charge in [-0.15, -0.1) is 0 Å². The normalized spacial score (nSPS) is 12.6. The number of sulfonamides is 2. The third-order valence-corrected chi connectivity index (χ3v) is 4.69. The van der Waals surface area contributed by atoms with Crippen molar-refractivity contribution in [2.24, 2.45) is 0 Å². The number of rotatable bonds is 8. The van der Waals surface area contributed by atoms with E-state index in [0.29, 0.717) is 5.75 Å². The van der Waals surface area contributed by atoms with E-state index in [1.807, 2.05) is 0 Å². The lowest BCUT2D eigenvalue weighted by Gasteiger charge is -2.20. The van der Waals surface area contributed by atoms with Crippen molar-refractivity contribution in [3.63, 3.8) is 0 Å². The van der Waals surface area contributed by atoms with Crippen LogP contribution in [0.3, 0.4) is 0 Å². The Labute approximate surface area is 126 Å². The Hall–Kier alpha value is -1.16. The number of methoxy groups -OCH3 is 1. The van der Waals surface area contributed by atoms with E-state index in [1.54, 1.807) is 31.4 Å². The molecule has 0 aliphatic heterocycles. The fraction of sp³-hybridized carbons (Fsp3) is 0.500. The molecule has 0 fully saturated rings. The summed E-state index contributed by atoms with van der Waals surface area (Å²) in [4.78, 5) is 0. The number of nitrogens with zero attached hydrogens (tertiary/aromatic N) is 1. The summed E-state index contributed by atoms with van der Waals surface area (Å²) >= 11 is 0. The lowest BCUT2D eigenvalue weighted by atomic mass is 10.2. The molecule has 0 bridgehead atoms. The molecule has 0 saturated heterocycles. The molecule has 1 rings (SSSR count). The van der Waals surface area contributed by atoms with E-state index in [9.17, 15) is 16.8 Å². The topological polar surface area (TPSA) is 92.8 Å². The van der Waals surface area contributed by atoms with Crippen LogP contribution in [-0.4, -0.2) is 53.9 Å². The molecule has 0 unspecified atom stereocenters. The minimum atomic E-state index is -3.43. The smallest absolute Gasteiger partial charge is 0.211 e. The molecule has 0 amide bonds. The highest BCUT2D eigenvalue weighted by atomic mass is 32.2. The second-order valence-corrected chi connectivity index (χ2v) is 8.43. The number of hydrogen-bond donors (Lipinski definition) is 1. The second-order valence-electron chi connectivity index (χ2n) is 4.61. The van der Waals surface area contributed by atoms with E-state index in [4.69, 9.17) is 4.74 Å². The summed E-state index contributed by atoms with van der Waals surface area (Å²) < 4.78 is 54.0. The van der Waals surface area contributed by atoms with Crippen LogP contribution in [0, 0.1) is 0 Å². The molecule has 1 aromatic rings. The van der Waals surface area contributed by atoms with Gasteiger partial charge in [0.25, 0.3) is 0 Å². The summed E-state index contributed by atoms with van der Waals surface area (Å²) in [5, 5.41) is 0. The van der Waals surface area contributed by atoms with Crippen LogP contribution in [-0.2, 0) is 26.6 Å². The number of ether oxygens (including phenoxy) is 1. The Kier molecular flexibility index (Phi) is 6.14. The zero-order valence-corrected chi connectivity index (χ0v) is 13.9. The molecule has 0 aromatic heterocycles. The first-order valence-electron chi connectivity index (χ1n) is 6.14. The van der Waals surface area contributed by atoms with Crippen molar-refractivity contribution >= 4 is 20.0 Å². The Balaban J connectivity index is 2.74. The SMILES string of the molecule is COc1ccc(CN(CCNS(C)(=O)=O)S(C)(=O)=O)cc1. The van der Waals surface area contributed by atoms with E-state index in [1.165, 1.54) is 4.31 Å². The predicted octanol–water partition coefficient (Wildman–Crippen LogP) is 0.00600. The molecule has 0 heterocycles. The zero-order chi connectivity index (χ0) is 16.1. The molecule has 0 aliphatic carbocycles.